The van der Waals surface area contributed by atoms with Crippen LogP contribution < -0.4 is 0 Å². The van der Waals surface area contributed by atoms with Gasteiger partial charge in [-0.1, -0.05) is 20.8 Å². The second-order valence-electron chi connectivity index (χ2n) is 4.63. The van der Waals surface area contributed by atoms with Crippen molar-refractivity contribution in [1.82, 2.24) is 0 Å². The molecule has 0 aromatic heterocycles. The van der Waals surface area contributed by atoms with Crippen LogP contribution in [-0.4, -0.2) is 0 Å². The molecular formula is C13H17ClF2. The largest absolute Gasteiger partial charge is 0.207 e. The summed E-state index contributed by atoms with van der Waals surface area (Å²) in [5.41, 5.74) is 0.563. The minimum atomic E-state index is -0.491. The van der Waals surface area contributed by atoms with Gasteiger partial charge in [-0.15, -0.1) is 11.6 Å². The van der Waals surface area contributed by atoms with E-state index in [0.717, 1.165) is 0 Å². The molecule has 3 heteroatoms. The van der Waals surface area contributed by atoms with Crippen LogP contribution >= 0.6 is 11.6 Å². The van der Waals surface area contributed by atoms with Crippen LogP contribution in [0.3, 0.4) is 0 Å². The van der Waals surface area contributed by atoms with Crippen LogP contribution in [0, 0.1) is 30.4 Å². The molecule has 0 N–H and O–H groups in total. The standard InChI is InChI=1S/C13H17ClF2/c1-7(2)9(4)13(14)10-6-11(15)8(3)5-12(10)16/h5-7,9,13H,1-4H3. The third-order valence-electron chi connectivity index (χ3n) is 3.09. The second-order valence-corrected chi connectivity index (χ2v) is 5.10. The first-order valence-corrected chi connectivity index (χ1v) is 5.87. The zero-order valence-corrected chi connectivity index (χ0v) is 10.8. The Hall–Kier alpha value is -0.630. The van der Waals surface area contributed by atoms with Gasteiger partial charge in [0.2, 0.25) is 0 Å². The summed E-state index contributed by atoms with van der Waals surface area (Å²) in [6.07, 6.45) is 0. The lowest BCUT2D eigenvalue weighted by Crippen LogP contribution is -2.12. The molecule has 16 heavy (non-hydrogen) atoms. The smallest absolute Gasteiger partial charge is 0.128 e. The molecule has 0 saturated carbocycles. The van der Waals surface area contributed by atoms with E-state index < -0.39 is 17.0 Å². The molecule has 1 aromatic rings. The van der Waals surface area contributed by atoms with E-state index >= 15 is 0 Å². The number of hydrogen-bond acceptors (Lipinski definition) is 0. The van der Waals surface area contributed by atoms with E-state index in [4.69, 9.17) is 11.6 Å². The monoisotopic (exact) mass is 246 g/mol. The van der Waals surface area contributed by atoms with Crippen molar-refractivity contribution in [1.29, 1.82) is 0 Å². The van der Waals surface area contributed by atoms with E-state index in [-0.39, 0.29) is 11.5 Å². The summed E-state index contributed by atoms with van der Waals surface area (Å²) in [7, 11) is 0. The molecule has 2 atom stereocenters. The van der Waals surface area contributed by atoms with E-state index in [9.17, 15) is 8.78 Å². The summed E-state index contributed by atoms with van der Waals surface area (Å²) >= 11 is 6.17. The Kier molecular flexibility index (Phi) is 4.31. The number of rotatable bonds is 3. The SMILES string of the molecule is Cc1cc(F)c(C(Cl)C(C)C(C)C)cc1F. The summed E-state index contributed by atoms with van der Waals surface area (Å²) in [4.78, 5) is 0. The molecule has 1 rings (SSSR count). The molecule has 2 unspecified atom stereocenters. The summed E-state index contributed by atoms with van der Waals surface area (Å²) in [5, 5.41) is -0.491. The predicted octanol–water partition coefficient (Wildman–Crippen LogP) is 4.85. The summed E-state index contributed by atoms with van der Waals surface area (Å²) in [5.74, 6) is -0.408. The molecule has 0 heterocycles. The Morgan fingerprint density at radius 3 is 2.12 bits per heavy atom. The lowest BCUT2D eigenvalue weighted by Gasteiger charge is -2.22. The van der Waals surface area contributed by atoms with Crippen molar-refractivity contribution in [3.05, 3.63) is 34.9 Å². The van der Waals surface area contributed by atoms with Crippen LogP contribution in [0.4, 0.5) is 8.78 Å². The molecule has 0 bridgehead atoms. The lowest BCUT2D eigenvalue weighted by atomic mass is 9.90. The summed E-state index contributed by atoms with van der Waals surface area (Å²) in [6, 6.07) is 2.41. The number of benzene rings is 1. The van der Waals surface area contributed by atoms with Crippen molar-refractivity contribution in [2.24, 2.45) is 11.8 Å². The van der Waals surface area contributed by atoms with Gasteiger partial charge in [-0.3, -0.25) is 0 Å². The first-order chi connectivity index (χ1) is 7.34. The Labute approximate surface area is 101 Å². The molecule has 0 fully saturated rings. The van der Waals surface area contributed by atoms with Gasteiger partial charge in [0.25, 0.3) is 0 Å². The van der Waals surface area contributed by atoms with Gasteiger partial charge in [-0.05, 0) is 36.5 Å². The van der Waals surface area contributed by atoms with Crippen LogP contribution in [-0.2, 0) is 0 Å². The topological polar surface area (TPSA) is 0 Å². The molecule has 90 valence electrons. The predicted molar refractivity (Wildman–Crippen MR) is 63.7 cm³/mol. The number of halogens is 3. The second kappa shape index (κ2) is 5.13. The van der Waals surface area contributed by atoms with E-state index in [1.54, 1.807) is 0 Å². The van der Waals surface area contributed by atoms with Crippen LogP contribution in [0.2, 0.25) is 0 Å². The maximum atomic E-state index is 13.7. The van der Waals surface area contributed by atoms with Gasteiger partial charge >= 0.3 is 0 Å². The summed E-state index contributed by atoms with van der Waals surface area (Å²) < 4.78 is 27.0. The first-order valence-electron chi connectivity index (χ1n) is 5.44. The Bertz CT molecular complexity index is 374. The molecule has 1 aromatic carbocycles. The van der Waals surface area contributed by atoms with E-state index in [2.05, 4.69) is 0 Å². The first kappa shape index (κ1) is 13.4. The van der Waals surface area contributed by atoms with Gasteiger partial charge in [0.15, 0.2) is 0 Å². The van der Waals surface area contributed by atoms with Crippen molar-refractivity contribution in [3.63, 3.8) is 0 Å². The van der Waals surface area contributed by atoms with Crippen molar-refractivity contribution in [3.8, 4) is 0 Å². The molecule has 0 aliphatic heterocycles. The molecule has 0 aliphatic carbocycles. The molecule has 0 amide bonds. The highest BCUT2D eigenvalue weighted by Crippen LogP contribution is 2.35. The van der Waals surface area contributed by atoms with Crippen LogP contribution in [0.25, 0.3) is 0 Å². The highest BCUT2D eigenvalue weighted by Gasteiger charge is 2.23. The Morgan fingerprint density at radius 2 is 1.62 bits per heavy atom. The molecule has 0 aliphatic rings. The molecule has 0 spiro atoms. The highest BCUT2D eigenvalue weighted by molar-refractivity contribution is 6.21. The molecule has 0 nitrogen and oxygen atoms in total. The highest BCUT2D eigenvalue weighted by atomic mass is 35.5. The quantitative estimate of drug-likeness (QED) is 0.669. The zero-order chi connectivity index (χ0) is 12.5. The van der Waals surface area contributed by atoms with Crippen LogP contribution in [0.1, 0.15) is 37.3 Å². The van der Waals surface area contributed by atoms with Crippen LogP contribution in [0.5, 0.6) is 0 Å². The van der Waals surface area contributed by atoms with Gasteiger partial charge in [0.05, 0.1) is 5.38 Å². The zero-order valence-electron chi connectivity index (χ0n) is 10.0. The minimum Gasteiger partial charge on any atom is -0.207 e. The van der Waals surface area contributed by atoms with Gasteiger partial charge in [-0.25, -0.2) is 8.78 Å². The third-order valence-corrected chi connectivity index (χ3v) is 3.72. The van der Waals surface area contributed by atoms with Gasteiger partial charge < -0.3 is 0 Å². The fourth-order valence-corrected chi connectivity index (χ4v) is 1.95. The van der Waals surface area contributed by atoms with Crippen molar-refractivity contribution < 1.29 is 8.78 Å². The van der Waals surface area contributed by atoms with E-state index in [1.807, 2.05) is 20.8 Å². The lowest BCUT2D eigenvalue weighted by molar-refractivity contribution is 0.398. The maximum Gasteiger partial charge on any atom is 0.128 e. The average molecular weight is 247 g/mol. The summed E-state index contributed by atoms with van der Waals surface area (Å²) in [6.45, 7) is 7.52. The van der Waals surface area contributed by atoms with Crippen molar-refractivity contribution >= 4 is 11.6 Å². The average Bonchev–Trinajstić information content (AvgIpc) is 2.21. The number of aryl methyl sites for hydroxylation is 1. The molecule has 0 radical (unpaired) electrons. The number of alkyl halides is 1. The van der Waals surface area contributed by atoms with Crippen molar-refractivity contribution in [2.75, 3.05) is 0 Å². The van der Waals surface area contributed by atoms with Gasteiger partial charge in [-0.2, -0.15) is 0 Å². The fourth-order valence-electron chi connectivity index (χ4n) is 1.49. The Morgan fingerprint density at radius 1 is 1.06 bits per heavy atom. The minimum absolute atomic E-state index is 0.0956. The normalized spacial score (nSPS) is 15.2. The van der Waals surface area contributed by atoms with Gasteiger partial charge in [0, 0.05) is 5.56 Å². The fraction of sp³-hybridized carbons (Fsp3) is 0.538. The third kappa shape index (κ3) is 2.73. The maximum absolute atomic E-state index is 13.7. The van der Waals surface area contributed by atoms with E-state index in [0.29, 0.717) is 11.5 Å². The Balaban J connectivity index is 3.08. The molecule has 0 saturated heterocycles. The van der Waals surface area contributed by atoms with Gasteiger partial charge in [0.1, 0.15) is 11.6 Å². The molecular weight excluding hydrogens is 230 g/mol. The van der Waals surface area contributed by atoms with E-state index in [1.165, 1.54) is 19.1 Å². The van der Waals surface area contributed by atoms with Crippen LogP contribution in [0.15, 0.2) is 12.1 Å². The van der Waals surface area contributed by atoms with Crippen molar-refractivity contribution in [2.45, 2.75) is 33.1 Å². The number of hydrogen-bond donors (Lipinski definition) is 0.